The molecule has 25 heavy (non-hydrogen) atoms. The van der Waals surface area contributed by atoms with E-state index in [9.17, 15) is 14.4 Å². The van der Waals surface area contributed by atoms with Gasteiger partial charge in [-0.25, -0.2) is 9.78 Å². The number of imide groups is 1. The summed E-state index contributed by atoms with van der Waals surface area (Å²) >= 11 is 0. The van der Waals surface area contributed by atoms with Crippen LogP contribution in [-0.4, -0.2) is 45.9 Å². The van der Waals surface area contributed by atoms with Gasteiger partial charge in [0.2, 0.25) is 0 Å². The molecule has 8 heteroatoms. The van der Waals surface area contributed by atoms with Crippen molar-refractivity contribution in [1.29, 1.82) is 5.26 Å². The Balaban J connectivity index is 1.67. The number of amides is 2. The molecule has 0 unspecified atom stereocenters. The van der Waals surface area contributed by atoms with Gasteiger partial charge >= 0.3 is 5.97 Å². The third-order valence-electron chi connectivity index (χ3n) is 3.60. The summed E-state index contributed by atoms with van der Waals surface area (Å²) in [5, 5.41) is 17.7. The summed E-state index contributed by atoms with van der Waals surface area (Å²) in [5.74, 6) is -1.95. The first-order valence-electron chi connectivity index (χ1n) is 7.25. The van der Waals surface area contributed by atoms with Gasteiger partial charge in [-0.15, -0.1) is 0 Å². The minimum absolute atomic E-state index is 0.00354. The molecule has 1 aliphatic rings. The van der Waals surface area contributed by atoms with Crippen LogP contribution in [0.2, 0.25) is 0 Å². The second kappa shape index (κ2) is 6.41. The highest BCUT2D eigenvalue weighted by atomic mass is 16.5. The van der Waals surface area contributed by atoms with Gasteiger partial charge in [-0.05, 0) is 36.4 Å². The predicted octanol–water partition coefficient (Wildman–Crippen LogP) is 1.33. The number of carbonyl (C=O) groups is 3. The molecule has 1 aliphatic heterocycles. The van der Waals surface area contributed by atoms with Crippen molar-refractivity contribution in [1.82, 2.24) is 9.88 Å². The lowest BCUT2D eigenvalue weighted by molar-refractivity contribution is 0.0629. The molecular formula is C17H11N3O5. The third kappa shape index (κ3) is 3.03. The average molecular weight is 337 g/mol. The molecule has 2 heterocycles. The highest BCUT2D eigenvalue weighted by Crippen LogP contribution is 2.21. The second-order valence-corrected chi connectivity index (χ2v) is 5.14. The number of hydrogen-bond donors (Lipinski definition) is 1. The Labute approximate surface area is 141 Å². The number of benzene rings is 1. The lowest BCUT2D eigenvalue weighted by Gasteiger charge is -2.14. The van der Waals surface area contributed by atoms with Crippen LogP contribution in [0.15, 0.2) is 36.4 Å². The molecule has 0 fully saturated rings. The molecular weight excluding hydrogens is 326 g/mol. The maximum atomic E-state index is 12.3. The van der Waals surface area contributed by atoms with Gasteiger partial charge in [0.15, 0.2) is 0 Å². The zero-order chi connectivity index (χ0) is 18.0. The Kier molecular flexibility index (Phi) is 4.14. The van der Waals surface area contributed by atoms with Crippen LogP contribution < -0.4 is 4.74 Å². The van der Waals surface area contributed by atoms with E-state index in [2.05, 4.69) is 4.98 Å². The van der Waals surface area contributed by atoms with E-state index < -0.39 is 17.8 Å². The zero-order valence-corrected chi connectivity index (χ0v) is 12.8. The van der Waals surface area contributed by atoms with Gasteiger partial charge in [0.1, 0.15) is 23.7 Å². The summed E-state index contributed by atoms with van der Waals surface area (Å²) < 4.78 is 5.45. The van der Waals surface area contributed by atoms with Crippen LogP contribution in [-0.2, 0) is 0 Å². The van der Waals surface area contributed by atoms with Crippen molar-refractivity contribution in [2.45, 2.75) is 0 Å². The van der Waals surface area contributed by atoms with Crippen molar-refractivity contribution >= 4 is 17.8 Å². The number of carboxylic acids is 1. The first-order chi connectivity index (χ1) is 12.0. The minimum atomic E-state index is -1.27. The maximum absolute atomic E-state index is 12.3. The Morgan fingerprint density at radius 2 is 1.88 bits per heavy atom. The lowest BCUT2D eigenvalue weighted by Crippen LogP contribution is -2.33. The summed E-state index contributed by atoms with van der Waals surface area (Å²) in [6, 6.07) is 10.9. The fraction of sp³-hybridized carbons (Fsp3) is 0.118. The SMILES string of the molecule is N#Cc1ccc(OCCN2C(=O)c3ccc(C(=O)O)nc3C2=O)cc1. The van der Waals surface area contributed by atoms with E-state index in [4.69, 9.17) is 15.1 Å². The van der Waals surface area contributed by atoms with Crippen LogP contribution in [0.4, 0.5) is 0 Å². The Bertz CT molecular complexity index is 915. The first kappa shape index (κ1) is 16.1. The molecule has 0 aliphatic carbocycles. The van der Waals surface area contributed by atoms with Crippen LogP contribution in [0, 0.1) is 11.3 Å². The third-order valence-corrected chi connectivity index (χ3v) is 3.60. The van der Waals surface area contributed by atoms with E-state index in [1.54, 1.807) is 24.3 Å². The molecule has 0 spiro atoms. The van der Waals surface area contributed by atoms with E-state index in [1.165, 1.54) is 12.1 Å². The average Bonchev–Trinajstić information content (AvgIpc) is 2.86. The largest absolute Gasteiger partial charge is 0.492 e. The highest BCUT2D eigenvalue weighted by Gasteiger charge is 2.37. The number of rotatable bonds is 5. The van der Waals surface area contributed by atoms with Crippen molar-refractivity contribution in [3.63, 3.8) is 0 Å². The van der Waals surface area contributed by atoms with E-state index in [1.807, 2.05) is 6.07 Å². The van der Waals surface area contributed by atoms with Gasteiger partial charge in [-0.2, -0.15) is 5.26 Å². The van der Waals surface area contributed by atoms with Crippen LogP contribution in [0.25, 0.3) is 0 Å². The Morgan fingerprint density at radius 3 is 2.52 bits per heavy atom. The molecule has 8 nitrogen and oxygen atoms in total. The normalized spacial score (nSPS) is 12.7. The van der Waals surface area contributed by atoms with E-state index in [0.717, 1.165) is 4.90 Å². The number of ether oxygens (including phenoxy) is 1. The molecule has 0 saturated heterocycles. The van der Waals surface area contributed by atoms with Gasteiger partial charge in [-0.3, -0.25) is 14.5 Å². The molecule has 2 amide bonds. The molecule has 124 valence electrons. The number of aromatic nitrogens is 1. The minimum Gasteiger partial charge on any atom is -0.492 e. The topological polar surface area (TPSA) is 121 Å². The van der Waals surface area contributed by atoms with E-state index >= 15 is 0 Å². The number of hydrogen-bond acceptors (Lipinski definition) is 6. The van der Waals surface area contributed by atoms with Crippen LogP contribution >= 0.6 is 0 Å². The van der Waals surface area contributed by atoms with Crippen LogP contribution in [0.3, 0.4) is 0 Å². The van der Waals surface area contributed by atoms with Gasteiger partial charge in [0, 0.05) is 0 Å². The van der Waals surface area contributed by atoms with Crippen LogP contribution in [0.1, 0.15) is 36.9 Å². The molecule has 0 atom stereocenters. The molecule has 3 rings (SSSR count). The van der Waals surface area contributed by atoms with Crippen molar-refractivity contribution in [2.75, 3.05) is 13.2 Å². The second-order valence-electron chi connectivity index (χ2n) is 5.14. The number of aromatic carboxylic acids is 1. The summed E-state index contributed by atoms with van der Waals surface area (Å²) in [6.45, 7) is 0.0551. The van der Waals surface area contributed by atoms with Gasteiger partial charge in [-0.1, -0.05) is 0 Å². The molecule has 1 aromatic heterocycles. The van der Waals surface area contributed by atoms with Crippen molar-refractivity contribution in [3.8, 4) is 11.8 Å². The number of nitrogens with zero attached hydrogens (tertiary/aromatic N) is 3. The molecule has 1 aromatic carbocycles. The van der Waals surface area contributed by atoms with Gasteiger partial charge in [0.05, 0.1) is 23.7 Å². The summed E-state index contributed by atoms with van der Waals surface area (Å²) in [6.07, 6.45) is 0. The summed E-state index contributed by atoms with van der Waals surface area (Å²) in [5.41, 5.74) is 0.111. The molecule has 2 aromatic rings. The van der Waals surface area contributed by atoms with Crippen LogP contribution in [0.5, 0.6) is 5.75 Å². The summed E-state index contributed by atoms with van der Waals surface area (Å²) in [4.78, 5) is 40.1. The number of carbonyl (C=O) groups excluding carboxylic acids is 2. The first-order valence-corrected chi connectivity index (χ1v) is 7.25. The van der Waals surface area contributed by atoms with Gasteiger partial charge < -0.3 is 9.84 Å². The smallest absolute Gasteiger partial charge is 0.354 e. The number of pyridine rings is 1. The summed E-state index contributed by atoms with van der Waals surface area (Å²) in [7, 11) is 0. The van der Waals surface area contributed by atoms with Crippen molar-refractivity contribution < 1.29 is 24.2 Å². The Hall–Kier alpha value is -3.73. The molecule has 0 bridgehead atoms. The van der Waals surface area contributed by atoms with Gasteiger partial charge in [0.25, 0.3) is 11.8 Å². The monoisotopic (exact) mass is 337 g/mol. The highest BCUT2D eigenvalue weighted by molar-refractivity contribution is 6.20. The zero-order valence-electron chi connectivity index (χ0n) is 12.8. The maximum Gasteiger partial charge on any atom is 0.354 e. The quantitative estimate of drug-likeness (QED) is 0.817. The molecule has 0 radical (unpaired) electrons. The fourth-order valence-electron chi connectivity index (χ4n) is 2.36. The number of carboxylic acid groups (broad SMARTS) is 1. The number of nitriles is 1. The lowest BCUT2D eigenvalue weighted by atomic mass is 10.2. The molecule has 1 N–H and O–H groups in total. The van der Waals surface area contributed by atoms with E-state index in [0.29, 0.717) is 11.3 Å². The number of fused-ring (bicyclic) bond motifs is 1. The Morgan fingerprint density at radius 1 is 1.16 bits per heavy atom. The van der Waals surface area contributed by atoms with Crippen molar-refractivity contribution in [2.24, 2.45) is 0 Å². The predicted molar refractivity (Wildman–Crippen MR) is 83.2 cm³/mol. The fourth-order valence-corrected chi connectivity index (χ4v) is 2.36. The van der Waals surface area contributed by atoms with E-state index in [-0.39, 0.29) is 30.1 Å². The standard InChI is InChI=1S/C17H11N3O5/c18-9-10-1-3-11(4-2-10)25-8-7-20-15(21)12-5-6-13(17(23)24)19-14(12)16(20)22/h1-6H,7-8H2,(H,23,24). The van der Waals surface area contributed by atoms with Crippen molar-refractivity contribution in [3.05, 3.63) is 58.9 Å². The molecule has 0 saturated carbocycles.